The van der Waals surface area contributed by atoms with E-state index in [0.717, 1.165) is 56.0 Å². The summed E-state index contributed by atoms with van der Waals surface area (Å²) in [4.78, 5) is 2.47. The van der Waals surface area contributed by atoms with Gasteiger partial charge in [0, 0.05) is 12.6 Å². The van der Waals surface area contributed by atoms with E-state index in [4.69, 9.17) is 10.5 Å². The van der Waals surface area contributed by atoms with E-state index >= 15 is 0 Å². The maximum Gasteiger partial charge on any atom is 0.130 e. The smallest absolute Gasteiger partial charge is 0.130 e. The van der Waals surface area contributed by atoms with Crippen LogP contribution in [0, 0.1) is 0 Å². The third kappa shape index (κ3) is 4.47. The molecule has 0 bridgehead atoms. The lowest BCUT2D eigenvalue weighted by molar-refractivity contribution is 0.205. The van der Waals surface area contributed by atoms with E-state index in [1.54, 1.807) is 0 Å². The molecule has 0 unspecified atom stereocenters. The number of hydrogen-bond donors (Lipinski definition) is 1. The molecule has 3 heteroatoms. The number of hydrogen-bond acceptors (Lipinski definition) is 3. The highest BCUT2D eigenvalue weighted by atomic mass is 16.5. The summed E-state index contributed by atoms with van der Waals surface area (Å²) in [5.74, 6) is 1.77. The summed E-state index contributed by atoms with van der Waals surface area (Å²) in [5, 5.41) is 0. The van der Waals surface area contributed by atoms with Crippen LogP contribution in [0.5, 0.6) is 11.5 Å². The fraction of sp³-hybridized carbons (Fsp3) is 0.333. The summed E-state index contributed by atoms with van der Waals surface area (Å²) < 4.78 is 6.04. The first kappa shape index (κ1) is 16.7. The Morgan fingerprint density at radius 1 is 1.08 bits per heavy atom. The molecule has 0 amide bonds. The molecule has 2 N–H and O–H groups in total. The number of benzene rings is 2. The van der Waals surface area contributed by atoms with Crippen LogP contribution in [-0.2, 0) is 13.0 Å². The summed E-state index contributed by atoms with van der Waals surface area (Å²) in [5.41, 5.74) is 8.44. The Labute approximate surface area is 144 Å². The number of nitrogens with two attached hydrogens (primary N) is 1. The SMILES string of the molecule is C=CCc1ccccc1Oc1ccc(CN2CCC(N)CC2)cc1. The molecule has 0 spiro atoms. The molecule has 0 radical (unpaired) electrons. The van der Waals surface area contributed by atoms with Gasteiger partial charge < -0.3 is 10.5 Å². The van der Waals surface area contributed by atoms with Gasteiger partial charge in [-0.25, -0.2) is 0 Å². The number of rotatable bonds is 6. The second-order valence-corrected chi connectivity index (χ2v) is 6.46. The van der Waals surface area contributed by atoms with Crippen LogP contribution >= 0.6 is 0 Å². The minimum atomic E-state index is 0.382. The monoisotopic (exact) mass is 322 g/mol. The van der Waals surface area contributed by atoms with Crippen LogP contribution in [0.15, 0.2) is 61.2 Å². The van der Waals surface area contributed by atoms with E-state index in [1.165, 1.54) is 5.56 Å². The van der Waals surface area contributed by atoms with Crippen LogP contribution < -0.4 is 10.5 Å². The zero-order valence-corrected chi connectivity index (χ0v) is 14.2. The van der Waals surface area contributed by atoms with Crippen molar-refractivity contribution in [3.63, 3.8) is 0 Å². The van der Waals surface area contributed by atoms with E-state index in [-0.39, 0.29) is 0 Å². The van der Waals surface area contributed by atoms with Crippen LogP contribution in [0.1, 0.15) is 24.0 Å². The number of likely N-dealkylation sites (tertiary alicyclic amines) is 1. The van der Waals surface area contributed by atoms with Gasteiger partial charge in [0.2, 0.25) is 0 Å². The fourth-order valence-electron chi connectivity index (χ4n) is 3.09. The van der Waals surface area contributed by atoms with E-state index in [0.29, 0.717) is 6.04 Å². The van der Waals surface area contributed by atoms with Crippen molar-refractivity contribution in [1.29, 1.82) is 0 Å². The van der Waals surface area contributed by atoms with Crippen LogP contribution in [0.4, 0.5) is 0 Å². The molecular weight excluding hydrogens is 296 g/mol. The van der Waals surface area contributed by atoms with Crippen LogP contribution in [0.2, 0.25) is 0 Å². The molecule has 2 aromatic rings. The van der Waals surface area contributed by atoms with Gasteiger partial charge in [0.1, 0.15) is 11.5 Å². The van der Waals surface area contributed by atoms with E-state index in [2.05, 4.69) is 41.8 Å². The second kappa shape index (κ2) is 8.13. The van der Waals surface area contributed by atoms with Crippen molar-refractivity contribution in [2.24, 2.45) is 5.73 Å². The Morgan fingerprint density at radius 2 is 1.79 bits per heavy atom. The molecule has 3 rings (SSSR count). The lowest BCUT2D eigenvalue weighted by Crippen LogP contribution is -2.39. The van der Waals surface area contributed by atoms with Crippen LogP contribution in [0.25, 0.3) is 0 Å². The Morgan fingerprint density at radius 3 is 2.50 bits per heavy atom. The predicted octanol–water partition coefficient (Wildman–Crippen LogP) is 4.13. The number of nitrogens with zero attached hydrogens (tertiary/aromatic N) is 1. The maximum absolute atomic E-state index is 6.04. The molecule has 0 atom stereocenters. The highest BCUT2D eigenvalue weighted by Crippen LogP contribution is 2.26. The van der Waals surface area contributed by atoms with Crippen molar-refractivity contribution in [3.05, 3.63) is 72.3 Å². The quantitative estimate of drug-likeness (QED) is 0.813. The van der Waals surface area contributed by atoms with Gasteiger partial charge in [-0.15, -0.1) is 6.58 Å². The lowest BCUT2D eigenvalue weighted by Gasteiger charge is -2.30. The van der Waals surface area contributed by atoms with Crippen LogP contribution in [0.3, 0.4) is 0 Å². The maximum atomic E-state index is 6.04. The van der Waals surface area contributed by atoms with Gasteiger partial charge in [0.25, 0.3) is 0 Å². The Balaban J connectivity index is 1.61. The molecular formula is C21H26N2O. The van der Waals surface area contributed by atoms with Crippen LogP contribution in [-0.4, -0.2) is 24.0 Å². The standard InChI is InChI=1S/C21H26N2O/c1-2-5-18-6-3-4-7-21(18)24-20-10-8-17(9-11-20)16-23-14-12-19(22)13-15-23/h2-4,6-11,19H,1,5,12-16,22H2. The van der Waals surface area contributed by atoms with Crippen molar-refractivity contribution in [2.75, 3.05) is 13.1 Å². The Kier molecular flexibility index (Phi) is 5.68. The average Bonchev–Trinajstić information content (AvgIpc) is 2.61. The van der Waals surface area contributed by atoms with Gasteiger partial charge in [-0.05, 0) is 61.7 Å². The summed E-state index contributed by atoms with van der Waals surface area (Å²) in [6.07, 6.45) is 4.91. The Hall–Kier alpha value is -2.10. The third-order valence-electron chi connectivity index (χ3n) is 4.53. The molecule has 24 heavy (non-hydrogen) atoms. The summed E-state index contributed by atoms with van der Waals surface area (Å²) in [6, 6.07) is 16.9. The van der Waals surface area contributed by atoms with Gasteiger partial charge in [-0.3, -0.25) is 4.90 Å². The minimum Gasteiger partial charge on any atom is -0.457 e. The van der Waals surface area contributed by atoms with E-state index in [9.17, 15) is 0 Å². The topological polar surface area (TPSA) is 38.5 Å². The first-order chi connectivity index (χ1) is 11.7. The molecule has 1 aliphatic heterocycles. The molecule has 3 nitrogen and oxygen atoms in total. The molecule has 0 aromatic heterocycles. The Bertz CT molecular complexity index is 658. The zero-order chi connectivity index (χ0) is 16.8. The van der Waals surface area contributed by atoms with Crippen molar-refractivity contribution >= 4 is 0 Å². The second-order valence-electron chi connectivity index (χ2n) is 6.46. The van der Waals surface area contributed by atoms with Gasteiger partial charge in [-0.2, -0.15) is 0 Å². The van der Waals surface area contributed by atoms with E-state index < -0.39 is 0 Å². The van der Waals surface area contributed by atoms with Gasteiger partial charge in [0.05, 0.1) is 0 Å². The van der Waals surface area contributed by atoms with Crippen molar-refractivity contribution in [3.8, 4) is 11.5 Å². The number of ether oxygens (including phenoxy) is 1. The van der Waals surface area contributed by atoms with E-state index in [1.807, 2.05) is 24.3 Å². The van der Waals surface area contributed by atoms with Crippen molar-refractivity contribution in [2.45, 2.75) is 31.8 Å². The van der Waals surface area contributed by atoms with Crippen molar-refractivity contribution in [1.82, 2.24) is 4.90 Å². The van der Waals surface area contributed by atoms with Crippen molar-refractivity contribution < 1.29 is 4.74 Å². The van der Waals surface area contributed by atoms with Gasteiger partial charge >= 0.3 is 0 Å². The third-order valence-corrected chi connectivity index (χ3v) is 4.53. The van der Waals surface area contributed by atoms with Gasteiger partial charge in [-0.1, -0.05) is 36.4 Å². The lowest BCUT2D eigenvalue weighted by atomic mass is 10.1. The highest BCUT2D eigenvalue weighted by Gasteiger charge is 2.15. The molecule has 1 heterocycles. The number of para-hydroxylation sites is 1. The predicted molar refractivity (Wildman–Crippen MR) is 99.3 cm³/mol. The molecule has 1 fully saturated rings. The summed E-state index contributed by atoms with van der Waals surface area (Å²) >= 11 is 0. The molecule has 2 aromatic carbocycles. The minimum absolute atomic E-state index is 0.382. The summed E-state index contributed by atoms with van der Waals surface area (Å²) in [7, 11) is 0. The molecule has 0 aliphatic carbocycles. The number of allylic oxidation sites excluding steroid dienone is 1. The largest absolute Gasteiger partial charge is 0.457 e. The average molecular weight is 322 g/mol. The molecule has 126 valence electrons. The zero-order valence-electron chi connectivity index (χ0n) is 14.2. The summed E-state index contributed by atoms with van der Waals surface area (Å²) in [6.45, 7) is 6.98. The first-order valence-corrected chi connectivity index (χ1v) is 8.68. The number of piperidine rings is 1. The molecule has 1 aliphatic rings. The fourth-order valence-corrected chi connectivity index (χ4v) is 3.09. The van der Waals surface area contributed by atoms with Gasteiger partial charge in [0.15, 0.2) is 0 Å². The normalized spacial score (nSPS) is 16.0. The highest BCUT2D eigenvalue weighted by molar-refractivity contribution is 5.39. The molecule has 1 saturated heterocycles. The first-order valence-electron chi connectivity index (χ1n) is 8.68. The molecule has 0 saturated carbocycles.